The van der Waals surface area contributed by atoms with Crippen molar-refractivity contribution >= 4 is 85.7 Å². The van der Waals surface area contributed by atoms with Crippen LogP contribution >= 0.6 is 73.7 Å². The number of thiophene rings is 1. The van der Waals surface area contributed by atoms with Crippen LogP contribution in [0.15, 0.2) is 112 Å². The third kappa shape index (κ3) is 11.7. The van der Waals surface area contributed by atoms with Gasteiger partial charge < -0.3 is 29.9 Å². The predicted molar refractivity (Wildman–Crippen MR) is 235 cm³/mol. The van der Waals surface area contributed by atoms with Crippen molar-refractivity contribution in [3.05, 3.63) is 160 Å². The molecule has 0 radical (unpaired) electrons. The third-order valence-electron chi connectivity index (χ3n) is 9.75. The first-order valence-electron chi connectivity index (χ1n) is 18.6. The number of benzene rings is 4. The Balaban J connectivity index is 0.000000194. The van der Waals surface area contributed by atoms with Gasteiger partial charge in [0.15, 0.2) is 0 Å². The number of carbonyl (C=O) groups excluding carboxylic acids is 2. The van der Waals surface area contributed by atoms with Crippen LogP contribution in [0, 0.1) is 0 Å². The molecule has 0 spiro atoms. The monoisotopic (exact) mass is 930 g/mol. The molecule has 0 aliphatic carbocycles. The number of ether oxygens (including phenoxy) is 2. The zero-order chi connectivity index (χ0) is 40.5. The van der Waals surface area contributed by atoms with E-state index in [9.17, 15) is 9.59 Å². The van der Waals surface area contributed by atoms with E-state index in [-0.39, 0.29) is 42.5 Å². The minimum Gasteiger partial charge on any atom is -0.362 e. The van der Waals surface area contributed by atoms with E-state index in [2.05, 4.69) is 26.6 Å². The summed E-state index contributed by atoms with van der Waals surface area (Å²) >= 11 is 30.0. The van der Waals surface area contributed by atoms with E-state index in [1.807, 2.05) is 122 Å². The summed E-state index contributed by atoms with van der Waals surface area (Å²) in [5, 5.41) is 10.6. The number of rotatable bonds is 12. The molecule has 2 aliphatic rings. The number of nitrogens with one attached hydrogen (secondary N) is 2. The second-order valence-electron chi connectivity index (χ2n) is 13.9. The third-order valence-corrected chi connectivity index (χ3v) is 12.8. The van der Waals surface area contributed by atoms with E-state index in [0.717, 1.165) is 38.0 Å². The molecule has 0 saturated carbocycles. The van der Waals surface area contributed by atoms with E-state index in [0.29, 0.717) is 52.8 Å². The van der Waals surface area contributed by atoms with Crippen LogP contribution in [0.1, 0.15) is 60.3 Å². The highest BCUT2D eigenvalue weighted by Crippen LogP contribution is 2.36. The van der Waals surface area contributed by atoms with Crippen molar-refractivity contribution < 1.29 is 19.1 Å². The fourth-order valence-corrected chi connectivity index (χ4v) is 8.17. The molecule has 0 bridgehead atoms. The topological polar surface area (TPSA) is 83.1 Å². The summed E-state index contributed by atoms with van der Waals surface area (Å²) in [4.78, 5) is 28.1. The predicted octanol–water partition coefficient (Wildman–Crippen LogP) is 11.8. The van der Waals surface area contributed by atoms with Gasteiger partial charge in [-0.05, 0) is 93.8 Å². The van der Waals surface area contributed by atoms with Crippen molar-refractivity contribution in [2.45, 2.75) is 57.3 Å². The van der Waals surface area contributed by atoms with Crippen molar-refractivity contribution in [2.75, 3.05) is 26.2 Å². The van der Waals surface area contributed by atoms with Crippen LogP contribution in [-0.4, -0.2) is 66.3 Å². The first-order chi connectivity index (χ1) is 27.5. The van der Waals surface area contributed by atoms with Crippen LogP contribution in [0.25, 0.3) is 0 Å². The van der Waals surface area contributed by atoms with Crippen LogP contribution in [0.3, 0.4) is 0 Å². The molecule has 2 aliphatic heterocycles. The largest absolute Gasteiger partial charge is 0.362 e. The van der Waals surface area contributed by atoms with Crippen molar-refractivity contribution in [2.24, 2.45) is 0 Å². The van der Waals surface area contributed by atoms with Gasteiger partial charge in [-0.1, -0.05) is 114 Å². The van der Waals surface area contributed by atoms with E-state index in [1.165, 1.54) is 0 Å². The first-order valence-corrected chi connectivity index (χ1v) is 21.8. The van der Waals surface area contributed by atoms with Gasteiger partial charge in [-0.25, -0.2) is 9.59 Å². The number of hydrogen-bond acceptors (Lipinski definition) is 5. The fourth-order valence-electron chi connectivity index (χ4n) is 6.21. The highest BCUT2D eigenvalue weighted by Gasteiger charge is 2.36. The van der Waals surface area contributed by atoms with Crippen LogP contribution < -0.4 is 10.6 Å². The van der Waals surface area contributed by atoms with Crippen LogP contribution in [-0.2, 0) is 16.0 Å². The Kier molecular flexibility index (Phi) is 15.6. The van der Waals surface area contributed by atoms with Crippen molar-refractivity contribution in [1.82, 2.24) is 20.4 Å². The lowest BCUT2D eigenvalue weighted by Crippen LogP contribution is -2.58. The molecule has 4 amide bonds. The fraction of sp³-hybridized carbons (Fsp3) is 0.302. The van der Waals surface area contributed by atoms with Gasteiger partial charge in [0.05, 0.1) is 42.2 Å². The molecule has 3 atom stereocenters. The molecule has 8 nitrogen and oxygen atoms in total. The first kappa shape index (κ1) is 43.3. The van der Waals surface area contributed by atoms with Crippen LogP contribution in [0.5, 0.6) is 0 Å². The molecular weight excluding hydrogens is 890 g/mol. The van der Waals surface area contributed by atoms with Gasteiger partial charge in [-0.2, -0.15) is 0 Å². The van der Waals surface area contributed by atoms with Gasteiger partial charge in [0.1, 0.15) is 12.2 Å². The maximum absolute atomic E-state index is 12.4. The zero-order valence-electron chi connectivity index (χ0n) is 31.3. The molecule has 7 rings (SSSR count). The molecule has 300 valence electrons. The van der Waals surface area contributed by atoms with Gasteiger partial charge in [-0.3, -0.25) is 0 Å². The second kappa shape index (κ2) is 20.6. The number of halogens is 5. The molecule has 2 saturated heterocycles. The average Bonchev–Trinajstić information content (AvgIpc) is 3.59. The summed E-state index contributed by atoms with van der Waals surface area (Å²) in [6, 6.07) is 32.5. The molecule has 2 fully saturated rings. The molecule has 2 N–H and O–H groups in total. The molecule has 2 unspecified atom stereocenters. The zero-order valence-corrected chi connectivity index (χ0v) is 36.8. The Morgan fingerprint density at radius 2 is 1.18 bits per heavy atom. The van der Waals surface area contributed by atoms with Crippen molar-refractivity contribution in [3.63, 3.8) is 0 Å². The Morgan fingerprint density at radius 3 is 1.60 bits per heavy atom. The Hall–Kier alpha value is -3.32. The Bertz CT molecular complexity index is 2100. The minimum absolute atomic E-state index is 0.0370. The molecule has 4 aromatic carbocycles. The van der Waals surface area contributed by atoms with Gasteiger partial charge in [0.25, 0.3) is 0 Å². The number of urea groups is 2. The SMILES string of the molecule is CC[C@H](C)NC(=O)N1CC(OC(c2ccc(Cl)cc2)c2ccccc2Cl)C1.O=C(NCc1ccsc1Br)N1CC(OC(c2ccc(Cl)cc2)c2ccccc2Cl)C1. The molecule has 57 heavy (non-hydrogen) atoms. The van der Waals surface area contributed by atoms with Gasteiger partial charge in [-0.15, -0.1) is 11.3 Å². The lowest BCUT2D eigenvalue weighted by atomic mass is 10.0. The number of nitrogens with zero attached hydrogens (tertiary/aromatic N) is 2. The second-order valence-corrected chi connectivity index (χ2v) is 17.8. The summed E-state index contributed by atoms with van der Waals surface area (Å²) in [7, 11) is 0. The highest BCUT2D eigenvalue weighted by molar-refractivity contribution is 9.11. The summed E-state index contributed by atoms with van der Waals surface area (Å²) in [6.07, 6.45) is 0.170. The van der Waals surface area contributed by atoms with Crippen molar-refractivity contribution in [3.8, 4) is 0 Å². The van der Waals surface area contributed by atoms with E-state index in [1.54, 1.807) is 21.1 Å². The number of hydrogen-bond donors (Lipinski definition) is 2. The molecule has 14 heteroatoms. The standard InChI is InChI=1S/C22H19BrCl2N2O2S.C21H24Cl2N2O2/c23-21-15(9-10-30-21)11-26-22(28)27-12-17(13-27)29-20(14-5-7-16(24)8-6-14)18-3-1-2-4-19(18)25;1-3-14(2)24-21(26)25-12-17(13-25)27-20(15-8-10-16(22)11-9-15)18-6-4-5-7-19(18)23/h1-10,17,20H,11-13H2,(H,26,28);4-11,14,17,20H,3,12-13H2,1-2H3,(H,24,26)/t;14-,20?/m.0/s1. The minimum atomic E-state index is -0.326. The number of amides is 4. The summed E-state index contributed by atoms with van der Waals surface area (Å²) in [5.41, 5.74) is 4.83. The average molecular weight is 934 g/mol. The quantitative estimate of drug-likeness (QED) is 0.131. The Labute approximate surface area is 366 Å². The molecule has 1 aromatic heterocycles. The number of carbonyl (C=O) groups is 2. The molecular formula is C43H43BrCl4N4O4S. The highest BCUT2D eigenvalue weighted by atomic mass is 79.9. The van der Waals surface area contributed by atoms with E-state index < -0.39 is 0 Å². The van der Waals surface area contributed by atoms with Gasteiger partial charge in [0, 0.05) is 43.8 Å². The normalized spacial score (nSPS) is 15.7. The van der Waals surface area contributed by atoms with Crippen LogP contribution in [0.4, 0.5) is 9.59 Å². The van der Waals surface area contributed by atoms with Crippen molar-refractivity contribution in [1.29, 1.82) is 0 Å². The van der Waals surface area contributed by atoms with Gasteiger partial charge >= 0.3 is 12.1 Å². The lowest BCUT2D eigenvalue weighted by Gasteiger charge is -2.41. The van der Waals surface area contributed by atoms with Crippen LogP contribution in [0.2, 0.25) is 20.1 Å². The Morgan fingerprint density at radius 1 is 0.719 bits per heavy atom. The smallest absolute Gasteiger partial charge is 0.317 e. The molecule has 5 aromatic rings. The van der Waals surface area contributed by atoms with E-state index in [4.69, 9.17) is 55.9 Å². The maximum atomic E-state index is 12.4. The summed E-state index contributed by atoms with van der Waals surface area (Å²) < 4.78 is 13.8. The van der Waals surface area contributed by atoms with Gasteiger partial charge in [0.2, 0.25) is 0 Å². The molecule has 3 heterocycles. The summed E-state index contributed by atoms with van der Waals surface area (Å²) in [6.45, 7) is 6.74. The number of likely N-dealkylation sites (tertiary alicyclic amines) is 2. The maximum Gasteiger partial charge on any atom is 0.317 e. The van der Waals surface area contributed by atoms with E-state index >= 15 is 0 Å². The summed E-state index contributed by atoms with van der Waals surface area (Å²) in [5.74, 6) is 0. The lowest BCUT2D eigenvalue weighted by molar-refractivity contribution is -0.0647.